The van der Waals surface area contributed by atoms with Crippen LogP contribution in [0.3, 0.4) is 0 Å². The second kappa shape index (κ2) is 8.88. The Balaban J connectivity index is 1.18. The molecule has 0 unspecified atom stereocenters. The summed E-state index contributed by atoms with van der Waals surface area (Å²) in [6.45, 7) is 4.60. The van der Waals surface area contributed by atoms with Crippen LogP contribution in [-0.4, -0.2) is 74.2 Å². The lowest BCUT2D eigenvalue weighted by Gasteiger charge is -2.36. The van der Waals surface area contributed by atoms with Crippen molar-refractivity contribution in [1.29, 1.82) is 0 Å². The number of benzene rings is 2. The average molecular weight is 458 g/mol. The van der Waals surface area contributed by atoms with Crippen LogP contribution in [0.2, 0.25) is 5.02 Å². The first-order chi connectivity index (χ1) is 15.6. The minimum atomic E-state index is -0.245. The topological polar surface area (TPSA) is 71.6 Å². The van der Waals surface area contributed by atoms with Crippen molar-refractivity contribution in [2.24, 2.45) is 0 Å². The Bertz CT molecular complexity index is 1040. The quantitative estimate of drug-likeness (QED) is 0.701. The number of carbonyl (C=O) groups excluding carboxylic acids is 2. The number of ether oxygens (including phenoxy) is 3. The molecule has 1 fully saturated rings. The standard InChI is InChI=1S/C23H24ClN3O5/c24-17-2-4-19-18(12-17)27(23(29)15-32-19)14-22(28)26-7-5-25(6-8-26)13-16-1-3-20-21(11-16)31-10-9-30-20/h1-4,11-12H,5-10,13-15H2. The highest BCUT2D eigenvalue weighted by Crippen LogP contribution is 2.34. The van der Waals surface area contributed by atoms with Crippen LogP contribution in [0.1, 0.15) is 5.56 Å². The number of anilines is 1. The molecular weight excluding hydrogens is 434 g/mol. The second-order valence-electron chi connectivity index (χ2n) is 8.02. The van der Waals surface area contributed by atoms with Crippen LogP contribution in [-0.2, 0) is 16.1 Å². The predicted molar refractivity (Wildman–Crippen MR) is 119 cm³/mol. The van der Waals surface area contributed by atoms with Gasteiger partial charge in [0.05, 0.1) is 5.69 Å². The lowest BCUT2D eigenvalue weighted by molar-refractivity contribution is -0.133. The van der Waals surface area contributed by atoms with Crippen molar-refractivity contribution < 1.29 is 23.8 Å². The van der Waals surface area contributed by atoms with Crippen LogP contribution in [0, 0.1) is 0 Å². The monoisotopic (exact) mass is 457 g/mol. The fourth-order valence-electron chi connectivity index (χ4n) is 4.18. The molecule has 0 aromatic heterocycles. The molecule has 9 heteroatoms. The largest absolute Gasteiger partial charge is 0.486 e. The molecular formula is C23H24ClN3O5. The van der Waals surface area contributed by atoms with E-state index in [4.69, 9.17) is 25.8 Å². The van der Waals surface area contributed by atoms with Gasteiger partial charge in [0.15, 0.2) is 18.1 Å². The van der Waals surface area contributed by atoms with Crippen molar-refractivity contribution in [1.82, 2.24) is 9.80 Å². The van der Waals surface area contributed by atoms with Gasteiger partial charge < -0.3 is 19.1 Å². The van der Waals surface area contributed by atoms with E-state index in [-0.39, 0.29) is 25.0 Å². The summed E-state index contributed by atoms with van der Waals surface area (Å²) >= 11 is 6.09. The molecule has 0 aliphatic carbocycles. The van der Waals surface area contributed by atoms with E-state index in [9.17, 15) is 9.59 Å². The molecule has 2 aromatic carbocycles. The summed E-state index contributed by atoms with van der Waals surface area (Å²) in [5.74, 6) is 1.82. The fraction of sp³-hybridized carbons (Fsp3) is 0.391. The summed E-state index contributed by atoms with van der Waals surface area (Å²) in [5, 5.41) is 0.493. The van der Waals surface area contributed by atoms with Gasteiger partial charge >= 0.3 is 0 Å². The summed E-state index contributed by atoms with van der Waals surface area (Å²) in [6, 6.07) is 11.1. The Morgan fingerprint density at radius 1 is 0.906 bits per heavy atom. The normalized spacial score (nSPS) is 18.2. The van der Waals surface area contributed by atoms with Crippen molar-refractivity contribution in [2.75, 3.05) is 57.4 Å². The van der Waals surface area contributed by atoms with Gasteiger partial charge in [0, 0.05) is 37.7 Å². The lowest BCUT2D eigenvalue weighted by atomic mass is 10.1. The SMILES string of the molecule is O=C(CN1C(=O)COc2ccc(Cl)cc21)N1CCN(Cc2ccc3c(c2)OCCO3)CC1. The minimum absolute atomic E-state index is 0.0162. The maximum Gasteiger partial charge on any atom is 0.265 e. The molecule has 3 aliphatic rings. The number of hydrogen-bond acceptors (Lipinski definition) is 6. The molecule has 168 valence electrons. The van der Waals surface area contributed by atoms with E-state index in [2.05, 4.69) is 11.0 Å². The van der Waals surface area contributed by atoms with Gasteiger partial charge in [0.25, 0.3) is 5.91 Å². The molecule has 3 aliphatic heterocycles. The molecule has 0 N–H and O–H groups in total. The molecule has 0 radical (unpaired) electrons. The second-order valence-corrected chi connectivity index (χ2v) is 8.45. The molecule has 1 saturated heterocycles. The number of amides is 2. The van der Waals surface area contributed by atoms with Crippen molar-refractivity contribution >= 4 is 29.1 Å². The third-order valence-electron chi connectivity index (χ3n) is 5.90. The molecule has 0 spiro atoms. The van der Waals surface area contributed by atoms with Crippen LogP contribution in [0.4, 0.5) is 5.69 Å². The number of piperazine rings is 1. The lowest BCUT2D eigenvalue weighted by Crippen LogP contribution is -2.52. The van der Waals surface area contributed by atoms with Crippen LogP contribution in [0.15, 0.2) is 36.4 Å². The zero-order valence-corrected chi connectivity index (χ0v) is 18.3. The first-order valence-electron chi connectivity index (χ1n) is 10.7. The zero-order chi connectivity index (χ0) is 22.1. The van der Waals surface area contributed by atoms with E-state index in [0.29, 0.717) is 42.8 Å². The molecule has 32 heavy (non-hydrogen) atoms. The summed E-state index contributed by atoms with van der Waals surface area (Å²) in [4.78, 5) is 30.9. The highest BCUT2D eigenvalue weighted by Gasteiger charge is 2.30. The third-order valence-corrected chi connectivity index (χ3v) is 6.13. The van der Waals surface area contributed by atoms with Crippen molar-refractivity contribution in [3.63, 3.8) is 0 Å². The van der Waals surface area contributed by atoms with E-state index in [1.54, 1.807) is 18.2 Å². The Hall–Kier alpha value is -2.97. The fourth-order valence-corrected chi connectivity index (χ4v) is 4.35. The molecule has 2 aromatic rings. The van der Waals surface area contributed by atoms with Crippen LogP contribution < -0.4 is 19.1 Å². The van der Waals surface area contributed by atoms with Gasteiger partial charge in [0.1, 0.15) is 25.5 Å². The maximum absolute atomic E-state index is 12.9. The maximum atomic E-state index is 12.9. The molecule has 8 nitrogen and oxygen atoms in total. The van der Waals surface area contributed by atoms with E-state index >= 15 is 0 Å². The summed E-state index contributed by atoms with van der Waals surface area (Å²) in [7, 11) is 0. The smallest absolute Gasteiger partial charge is 0.265 e. The Morgan fingerprint density at radius 3 is 2.47 bits per heavy atom. The minimum Gasteiger partial charge on any atom is -0.486 e. The number of carbonyl (C=O) groups is 2. The van der Waals surface area contributed by atoms with E-state index in [1.165, 1.54) is 4.90 Å². The molecule has 3 heterocycles. The number of rotatable bonds is 4. The zero-order valence-electron chi connectivity index (χ0n) is 17.6. The van der Waals surface area contributed by atoms with Gasteiger partial charge in [-0.25, -0.2) is 0 Å². The Morgan fingerprint density at radius 2 is 1.66 bits per heavy atom. The Labute approximate surface area is 191 Å². The molecule has 0 atom stereocenters. The highest BCUT2D eigenvalue weighted by atomic mass is 35.5. The van der Waals surface area contributed by atoms with Crippen LogP contribution in [0.5, 0.6) is 17.2 Å². The van der Waals surface area contributed by atoms with Gasteiger partial charge in [0.2, 0.25) is 5.91 Å². The van der Waals surface area contributed by atoms with E-state index in [1.807, 2.05) is 17.0 Å². The van der Waals surface area contributed by atoms with Crippen LogP contribution >= 0.6 is 11.6 Å². The molecule has 2 amide bonds. The van der Waals surface area contributed by atoms with Gasteiger partial charge in [-0.1, -0.05) is 17.7 Å². The van der Waals surface area contributed by atoms with E-state index in [0.717, 1.165) is 36.7 Å². The Kier molecular flexibility index (Phi) is 5.80. The van der Waals surface area contributed by atoms with Crippen molar-refractivity contribution in [2.45, 2.75) is 6.54 Å². The molecule has 5 rings (SSSR count). The first kappa shape index (κ1) is 20.9. The first-order valence-corrected chi connectivity index (χ1v) is 11.1. The van der Waals surface area contributed by atoms with Crippen LogP contribution in [0.25, 0.3) is 0 Å². The number of fused-ring (bicyclic) bond motifs is 2. The molecule has 0 saturated carbocycles. The predicted octanol–water partition coefficient (Wildman–Crippen LogP) is 2.18. The van der Waals surface area contributed by atoms with Gasteiger partial charge in [-0.3, -0.25) is 19.4 Å². The highest BCUT2D eigenvalue weighted by molar-refractivity contribution is 6.31. The van der Waals surface area contributed by atoms with Gasteiger partial charge in [-0.15, -0.1) is 0 Å². The van der Waals surface area contributed by atoms with E-state index < -0.39 is 0 Å². The van der Waals surface area contributed by atoms with Gasteiger partial charge in [-0.2, -0.15) is 0 Å². The van der Waals surface area contributed by atoms with Gasteiger partial charge in [-0.05, 0) is 35.9 Å². The molecule has 0 bridgehead atoms. The number of hydrogen-bond donors (Lipinski definition) is 0. The number of halogens is 1. The van der Waals surface area contributed by atoms with Crippen molar-refractivity contribution in [3.05, 3.63) is 47.0 Å². The summed E-state index contributed by atoms with van der Waals surface area (Å²) in [6.07, 6.45) is 0. The number of nitrogens with zero attached hydrogens (tertiary/aromatic N) is 3. The average Bonchev–Trinajstić information content (AvgIpc) is 2.81. The third kappa shape index (κ3) is 4.33. The van der Waals surface area contributed by atoms with Crippen molar-refractivity contribution in [3.8, 4) is 17.2 Å². The summed E-state index contributed by atoms with van der Waals surface area (Å²) in [5.41, 5.74) is 1.70. The summed E-state index contributed by atoms with van der Waals surface area (Å²) < 4.78 is 16.7.